The summed E-state index contributed by atoms with van der Waals surface area (Å²) >= 11 is 1.38. The summed E-state index contributed by atoms with van der Waals surface area (Å²) in [4.78, 5) is 0. The van der Waals surface area contributed by atoms with Crippen molar-refractivity contribution in [2.24, 2.45) is 11.6 Å². The van der Waals surface area contributed by atoms with Gasteiger partial charge in [-0.15, -0.1) is 48.0 Å². The van der Waals surface area contributed by atoms with Crippen LogP contribution in [0.15, 0.2) is 0 Å². The Labute approximate surface area is 87.1 Å². The van der Waals surface area contributed by atoms with E-state index >= 15 is 0 Å². The maximum atomic E-state index is 5.12. The number of nitrogens with one attached hydrogen (secondary N) is 1. The fourth-order valence-corrected chi connectivity index (χ4v) is 0.177. The van der Waals surface area contributed by atoms with Crippen LogP contribution in [0.4, 0.5) is 0 Å². The summed E-state index contributed by atoms with van der Waals surface area (Å²) in [7, 11) is 0. The molecule has 3 nitrogen and oxygen atoms in total. The topological polar surface area (TPSA) is 66.0 Å². The highest BCUT2D eigenvalue weighted by Crippen LogP contribution is 1.79. The highest BCUT2D eigenvalue weighted by Gasteiger charge is 1.85. The van der Waals surface area contributed by atoms with E-state index in [-0.39, 0.29) is 48.0 Å². The second-order valence-electron chi connectivity index (χ2n) is 0.713. The van der Waals surface area contributed by atoms with Gasteiger partial charge in [0.05, 0.1) is 0 Å². The van der Waals surface area contributed by atoms with Gasteiger partial charge in [0.2, 0.25) is 0 Å². The zero-order chi connectivity index (χ0) is 4.99. The Morgan fingerprint density at radius 1 is 1.50 bits per heavy atom. The molecule has 0 amide bonds. The van der Waals surface area contributed by atoms with Crippen LogP contribution in [0.3, 0.4) is 0 Å². The number of hydrazone groups is 1. The number of thioether (sulfide) groups is 1. The normalized spacial score (nSPS) is 8.88. The standard InChI is InChI=1S/C2H7N3S.2HI/c1-6-2(3)5-4;;/h4H2,1H3,(H2,3,5);2*1H/p+1. The van der Waals surface area contributed by atoms with Gasteiger partial charge in [0.25, 0.3) is 0 Å². The molecule has 0 bridgehead atoms. The molecule has 0 fully saturated rings. The predicted octanol–water partition coefficient (Wildman–Crippen LogP) is -1.15. The molecule has 0 aliphatic heterocycles. The molecule has 6 heteroatoms. The fraction of sp³-hybridized carbons (Fsp3) is 0.500. The molecule has 0 aromatic carbocycles. The summed E-state index contributed by atoms with van der Waals surface area (Å²) in [6.07, 6.45) is 1.84. The third-order valence-corrected chi connectivity index (χ3v) is 0.920. The van der Waals surface area contributed by atoms with Crippen LogP contribution >= 0.6 is 59.7 Å². The number of hydrogen-bond donors (Lipinski definition) is 3. The lowest BCUT2D eigenvalue weighted by molar-refractivity contribution is -0.467. The Balaban J connectivity index is -0.000000125. The Bertz CT molecular complexity index is 66.3. The van der Waals surface area contributed by atoms with Crippen LogP contribution in [0, 0.1) is 0 Å². The third kappa shape index (κ3) is 10.1. The molecule has 0 radical (unpaired) electrons. The first-order chi connectivity index (χ1) is 2.81. The first kappa shape index (κ1) is 16.0. The van der Waals surface area contributed by atoms with Crippen molar-refractivity contribution in [2.45, 2.75) is 0 Å². The Morgan fingerprint density at radius 2 is 1.88 bits per heavy atom. The van der Waals surface area contributed by atoms with Gasteiger partial charge < -0.3 is 0 Å². The van der Waals surface area contributed by atoms with Crippen molar-refractivity contribution < 1.29 is 5.10 Å². The highest BCUT2D eigenvalue weighted by atomic mass is 127. The van der Waals surface area contributed by atoms with Gasteiger partial charge in [0, 0.05) is 0 Å². The Kier molecular flexibility index (Phi) is 22.0. The lowest BCUT2D eigenvalue weighted by Crippen LogP contribution is -2.81. The monoisotopic (exact) mass is 362 g/mol. The summed E-state index contributed by atoms with van der Waals surface area (Å²) in [6.45, 7) is 0. The van der Waals surface area contributed by atoms with E-state index in [1.807, 2.05) is 6.26 Å². The smallest absolute Gasteiger partial charge is 0.280 e. The van der Waals surface area contributed by atoms with E-state index in [0.29, 0.717) is 5.17 Å². The lowest BCUT2D eigenvalue weighted by atomic mass is 11.4. The minimum atomic E-state index is 0. The fourth-order valence-electron chi connectivity index (χ4n) is 0.0589. The van der Waals surface area contributed by atoms with Crippen molar-refractivity contribution in [3.63, 3.8) is 0 Å². The van der Waals surface area contributed by atoms with Gasteiger partial charge in [-0.2, -0.15) is 5.10 Å². The van der Waals surface area contributed by atoms with Crippen LogP contribution in [-0.2, 0) is 0 Å². The van der Waals surface area contributed by atoms with Crippen LogP contribution in [-0.4, -0.2) is 11.4 Å². The van der Waals surface area contributed by atoms with Crippen LogP contribution in [0.5, 0.6) is 0 Å². The summed E-state index contributed by atoms with van der Waals surface area (Å²) < 4.78 is 0. The molecule has 0 aliphatic carbocycles. The largest absolute Gasteiger partial charge is 0.324 e. The molecular formula is C2H10I2N3S+. The van der Waals surface area contributed by atoms with E-state index in [9.17, 15) is 0 Å². The number of hydrogen-bond acceptors (Lipinski definition) is 2. The molecule has 8 heavy (non-hydrogen) atoms. The lowest BCUT2D eigenvalue weighted by Gasteiger charge is -1.76. The van der Waals surface area contributed by atoms with Gasteiger partial charge in [0.15, 0.2) is 0 Å². The van der Waals surface area contributed by atoms with Crippen molar-refractivity contribution in [2.75, 3.05) is 6.26 Å². The molecule has 0 spiro atoms. The van der Waals surface area contributed by atoms with E-state index in [4.69, 9.17) is 11.6 Å². The van der Waals surface area contributed by atoms with E-state index in [2.05, 4.69) is 5.10 Å². The van der Waals surface area contributed by atoms with Crippen LogP contribution in [0.25, 0.3) is 0 Å². The molecule has 0 heterocycles. The number of halogens is 2. The first-order valence-corrected chi connectivity index (χ1v) is 2.66. The van der Waals surface area contributed by atoms with Gasteiger partial charge >= 0.3 is 5.17 Å². The molecule has 0 unspecified atom stereocenters. The van der Waals surface area contributed by atoms with Crippen LogP contribution < -0.4 is 16.7 Å². The van der Waals surface area contributed by atoms with E-state index < -0.39 is 0 Å². The summed E-state index contributed by atoms with van der Waals surface area (Å²) in [5.74, 6) is 4.85. The zero-order valence-electron chi connectivity index (χ0n) is 4.38. The maximum Gasteiger partial charge on any atom is 0.324 e. The molecule has 0 saturated heterocycles. The molecule has 0 rings (SSSR count). The molecule has 0 atom stereocenters. The highest BCUT2D eigenvalue weighted by molar-refractivity contribution is 14.0. The molecule has 0 saturated carbocycles. The number of nitrogens with two attached hydrogens (primary N) is 2. The summed E-state index contributed by atoms with van der Waals surface area (Å²) in [6, 6.07) is 0. The van der Waals surface area contributed by atoms with Gasteiger partial charge in [-0.3, -0.25) is 11.6 Å². The Morgan fingerprint density at radius 3 is 1.88 bits per heavy atom. The van der Waals surface area contributed by atoms with Crippen molar-refractivity contribution in [1.82, 2.24) is 0 Å². The SMILES string of the molecule is CSC(N)=[NH+]N.I.I. The summed E-state index contributed by atoms with van der Waals surface area (Å²) in [5.41, 5.74) is 5.12. The van der Waals surface area contributed by atoms with Gasteiger partial charge in [-0.05, 0) is 18.0 Å². The average Bonchev–Trinajstić information content (AvgIpc) is 1.65. The quantitative estimate of drug-likeness (QED) is 0.168. The van der Waals surface area contributed by atoms with E-state index in [1.165, 1.54) is 11.8 Å². The molecule has 52 valence electrons. The van der Waals surface area contributed by atoms with Crippen LogP contribution in [0.2, 0.25) is 0 Å². The number of rotatable bonds is 0. The first-order valence-electron chi connectivity index (χ1n) is 1.44. The predicted molar refractivity (Wildman–Crippen MR) is 58.7 cm³/mol. The number of hydrazine groups is 1. The Hall–Kier alpha value is 1.08. The average molecular weight is 362 g/mol. The molecule has 0 aromatic heterocycles. The van der Waals surface area contributed by atoms with Crippen molar-refractivity contribution in [3.05, 3.63) is 0 Å². The molecule has 0 aromatic rings. The van der Waals surface area contributed by atoms with Gasteiger partial charge in [0.1, 0.15) is 0 Å². The molecule has 0 aliphatic rings. The van der Waals surface area contributed by atoms with Gasteiger partial charge in [-0.1, -0.05) is 0 Å². The summed E-state index contributed by atoms with van der Waals surface area (Å²) in [5, 5.41) is 2.81. The van der Waals surface area contributed by atoms with Crippen molar-refractivity contribution in [1.29, 1.82) is 0 Å². The van der Waals surface area contributed by atoms with Crippen molar-refractivity contribution >= 4 is 64.9 Å². The third-order valence-electron chi connectivity index (χ3n) is 0.362. The number of amidine groups is 1. The minimum Gasteiger partial charge on any atom is -0.280 e. The van der Waals surface area contributed by atoms with Gasteiger partial charge in [-0.25, -0.2) is 0 Å². The van der Waals surface area contributed by atoms with Crippen molar-refractivity contribution in [3.8, 4) is 0 Å². The maximum absolute atomic E-state index is 5.12. The molecule has 5 N–H and O–H groups in total. The molecular weight excluding hydrogens is 352 g/mol. The second kappa shape index (κ2) is 11.0. The zero-order valence-corrected chi connectivity index (χ0v) is 9.86. The van der Waals surface area contributed by atoms with Crippen LogP contribution in [0.1, 0.15) is 0 Å². The van der Waals surface area contributed by atoms with E-state index in [0.717, 1.165) is 0 Å². The second-order valence-corrected chi connectivity index (χ2v) is 1.56. The van der Waals surface area contributed by atoms with E-state index in [1.54, 1.807) is 0 Å². The minimum absolute atomic E-state index is 0.